The fourth-order valence-electron chi connectivity index (χ4n) is 1.96. The van der Waals surface area contributed by atoms with Crippen LogP contribution in [0.1, 0.15) is 6.42 Å². The third-order valence-electron chi connectivity index (χ3n) is 2.65. The molecule has 2 nitrogen and oxygen atoms in total. The van der Waals surface area contributed by atoms with Crippen LogP contribution >= 0.6 is 11.6 Å². The van der Waals surface area contributed by atoms with Crippen molar-refractivity contribution in [2.24, 2.45) is 0 Å². The zero-order valence-electron chi connectivity index (χ0n) is 7.56. The molecule has 1 aromatic rings. The van der Waals surface area contributed by atoms with Gasteiger partial charge in [-0.05, 0) is 24.3 Å². The lowest BCUT2D eigenvalue weighted by atomic mass is 10.2. The van der Waals surface area contributed by atoms with Crippen molar-refractivity contribution in [3.63, 3.8) is 0 Å². The highest BCUT2D eigenvalue weighted by molar-refractivity contribution is 6.30. The standard InChI is InChI=1S/C11H10ClNO/c12-8-1-3-9(4-2-8)13-10-5-6-11(7-10)14-13/h1-6,10-11H,7H2/t10-,11+/m1/s1. The van der Waals surface area contributed by atoms with Gasteiger partial charge in [-0.25, -0.2) is 5.06 Å². The van der Waals surface area contributed by atoms with E-state index in [1.807, 2.05) is 29.3 Å². The van der Waals surface area contributed by atoms with Crippen molar-refractivity contribution in [2.75, 3.05) is 5.06 Å². The molecule has 0 unspecified atom stereocenters. The Bertz CT molecular complexity index is 373. The van der Waals surface area contributed by atoms with Crippen LogP contribution in [0.5, 0.6) is 0 Å². The molecular formula is C11H10ClNO. The van der Waals surface area contributed by atoms with Gasteiger partial charge in [-0.15, -0.1) is 0 Å². The van der Waals surface area contributed by atoms with E-state index >= 15 is 0 Å². The Morgan fingerprint density at radius 3 is 2.57 bits per heavy atom. The summed E-state index contributed by atoms with van der Waals surface area (Å²) in [7, 11) is 0. The van der Waals surface area contributed by atoms with Crippen LogP contribution in [-0.2, 0) is 4.84 Å². The number of nitrogens with zero attached hydrogens (tertiary/aromatic N) is 1. The van der Waals surface area contributed by atoms with Gasteiger partial charge in [0.2, 0.25) is 0 Å². The van der Waals surface area contributed by atoms with Gasteiger partial charge in [0.25, 0.3) is 0 Å². The van der Waals surface area contributed by atoms with Gasteiger partial charge < -0.3 is 0 Å². The molecule has 1 heterocycles. The van der Waals surface area contributed by atoms with Crippen LogP contribution in [-0.4, -0.2) is 12.1 Å². The Morgan fingerprint density at radius 1 is 1.21 bits per heavy atom. The number of anilines is 1. The minimum Gasteiger partial charge on any atom is -0.265 e. The van der Waals surface area contributed by atoms with E-state index < -0.39 is 0 Å². The molecule has 0 N–H and O–H groups in total. The number of fused-ring (bicyclic) bond motifs is 2. The van der Waals surface area contributed by atoms with E-state index in [1.165, 1.54) is 0 Å². The van der Waals surface area contributed by atoms with Crippen molar-refractivity contribution in [1.29, 1.82) is 0 Å². The zero-order chi connectivity index (χ0) is 9.54. The molecule has 0 aromatic heterocycles. The smallest absolute Gasteiger partial charge is 0.106 e. The van der Waals surface area contributed by atoms with Crippen molar-refractivity contribution in [1.82, 2.24) is 0 Å². The molecule has 72 valence electrons. The summed E-state index contributed by atoms with van der Waals surface area (Å²) < 4.78 is 0. The Morgan fingerprint density at radius 2 is 2.00 bits per heavy atom. The van der Waals surface area contributed by atoms with E-state index in [9.17, 15) is 0 Å². The monoisotopic (exact) mass is 207 g/mol. The van der Waals surface area contributed by atoms with Crippen LogP contribution in [0.3, 0.4) is 0 Å². The fraction of sp³-hybridized carbons (Fsp3) is 0.273. The van der Waals surface area contributed by atoms with E-state index in [-0.39, 0.29) is 6.10 Å². The highest BCUT2D eigenvalue weighted by Gasteiger charge is 2.35. The van der Waals surface area contributed by atoms with Crippen molar-refractivity contribution in [3.8, 4) is 0 Å². The quantitative estimate of drug-likeness (QED) is 0.657. The lowest BCUT2D eigenvalue weighted by Crippen LogP contribution is -2.27. The van der Waals surface area contributed by atoms with Gasteiger partial charge in [0.1, 0.15) is 6.10 Å². The molecule has 1 aliphatic carbocycles. The SMILES string of the molecule is Clc1ccc(N2O[C@H]3C=C[C@@H]2C3)cc1. The molecule has 14 heavy (non-hydrogen) atoms. The first kappa shape index (κ1) is 8.33. The maximum Gasteiger partial charge on any atom is 0.106 e. The van der Waals surface area contributed by atoms with Crippen LogP contribution in [0.15, 0.2) is 36.4 Å². The van der Waals surface area contributed by atoms with E-state index in [0.717, 1.165) is 17.1 Å². The Hall–Kier alpha value is -0.990. The maximum absolute atomic E-state index is 5.82. The molecule has 3 heteroatoms. The van der Waals surface area contributed by atoms with Crippen LogP contribution in [0.25, 0.3) is 0 Å². The van der Waals surface area contributed by atoms with Crippen molar-refractivity contribution in [2.45, 2.75) is 18.6 Å². The number of rotatable bonds is 1. The summed E-state index contributed by atoms with van der Waals surface area (Å²) in [5.74, 6) is 0. The zero-order valence-corrected chi connectivity index (χ0v) is 8.32. The first-order chi connectivity index (χ1) is 6.83. The number of benzene rings is 1. The first-order valence-corrected chi connectivity index (χ1v) is 5.10. The van der Waals surface area contributed by atoms with Gasteiger partial charge in [-0.3, -0.25) is 4.84 Å². The van der Waals surface area contributed by atoms with Crippen LogP contribution in [0.4, 0.5) is 5.69 Å². The second kappa shape index (κ2) is 3.01. The van der Waals surface area contributed by atoms with Gasteiger partial charge >= 0.3 is 0 Å². The second-order valence-corrected chi connectivity index (χ2v) is 4.07. The van der Waals surface area contributed by atoms with Crippen LogP contribution in [0.2, 0.25) is 5.02 Å². The summed E-state index contributed by atoms with van der Waals surface area (Å²) >= 11 is 5.82. The lowest BCUT2D eigenvalue weighted by Gasteiger charge is -2.24. The highest BCUT2D eigenvalue weighted by Crippen LogP contribution is 2.33. The molecular weight excluding hydrogens is 198 g/mol. The van der Waals surface area contributed by atoms with E-state index in [4.69, 9.17) is 16.4 Å². The molecule has 0 spiro atoms. The third-order valence-corrected chi connectivity index (χ3v) is 2.90. The fourth-order valence-corrected chi connectivity index (χ4v) is 2.09. The lowest BCUT2D eigenvalue weighted by molar-refractivity contribution is 0.110. The molecule has 1 saturated heterocycles. The molecule has 0 saturated carbocycles. The van der Waals surface area contributed by atoms with E-state index in [1.54, 1.807) is 0 Å². The molecule has 2 aliphatic rings. The number of hydroxylamine groups is 1. The summed E-state index contributed by atoms with van der Waals surface area (Å²) in [5, 5.41) is 2.72. The normalized spacial score (nSPS) is 28.8. The molecule has 1 aromatic carbocycles. The topological polar surface area (TPSA) is 12.5 Å². The summed E-state index contributed by atoms with van der Waals surface area (Å²) in [4.78, 5) is 5.69. The van der Waals surface area contributed by atoms with Gasteiger partial charge in [0.15, 0.2) is 0 Å². The van der Waals surface area contributed by atoms with Crippen molar-refractivity contribution < 1.29 is 4.84 Å². The van der Waals surface area contributed by atoms with Gasteiger partial charge in [0.05, 0.1) is 11.7 Å². The molecule has 3 rings (SSSR count). The highest BCUT2D eigenvalue weighted by atomic mass is 35.5. The minimum atomic E-state index is 0.274. The number of halogens is 1. The van der Waals surface area contributed by atoms with Gasteiger partial charge in [-0.2, -0.15) is 0 Å². The maximum atomic E-state index is 5.82. The average Bonchev–Trinajstić information content (AvgIpc) is 2.80. The van der Waals surface area contributed by atoms with Crippen molar-refractivity contribution >= 4 is 17.3 Å². The first-order valence-electron chi connectivity index (χ1n) is 4.73. The van der Waals surface area contributed by atoms with E-state index in [2.05, 4.69) is 12.2 Å². The summed E-state index contributed by atoms with van der Waals surface area (Å²) in [6, 6.07) is 8.14. The average molecular weight is 208 g/mol. The Balaban J connectivity index is 1.90. The molecule has 2 atom stereocenters. The number of hydrogen-bond acceptors (Lipinski definition) is 2. The molecule has 0 amide bonds. The Labute approximate surface area is 87.7 Å². The Kier molecular flexibility index (Phi) is 1.79. The van der Waals surface area contributed by atoms with Crippen molar-refractivity contribution in [3.05, 3.63) is 41.4 Å². The largest absolute Gasteiger partial charge is 0.265 e. The van der Waals surface area contributed by atoms with Gasteiger partial charge in [0, 0.05) is 11.4 Å². The minimum absolute atomic E-state index is 0.274. The summed E-state index contributed by atoms with van der Waals surface area (Å²) in [6.45, 7) is 0. The molecule has 2 bridgehead atoms. The molecule has 0 radical (unpaired) electrons. The molecule has 1 aliphatic heterocycles. The molecule has 1 fully saturated rings. The van der Waals surface area contributed by atoms with Crippen LogP contribution < -0.4 is 5.06 Å². The van der Waals surface area contributed by atoms with Crippen LogP contribution in [0, 0.1) is 0 Å². The number of hydrogen-bond donors (Lipinski definition) is 0. The summed E-state index contributed by atoms with van der Waals surface area (Å²) in [6.07, 6.45) is 5.67. The van der Waals surface area contributed by atoms with Gasteiger partial charge in [-0.1, -0.05) is 23.8 Å². The third kappa shape index (κ3) is 1.22. The predicted molar refractivity (Wildman–Crippen MR) is 56.3 cm³/mol. The summed E-state index contributed by atoms with van der Waals surface area (Å²) in [5.41, 5.74) is 1.08. The second-order valence-electron chi connectivity index (χ2n) is 3.63. The predicted octanol–water partition coefficient (Wildman–Crippen LogP) is 2.79. The van der Waals surface area contributed by atoms with E-state index in [0.29, 0.717) is 6.04 Å².